The van der Waals surface area contributed by atoms with Crippen molar-refractivity contribution in [2.24, 2.45) is 0 Å². The second kappa shape index (κ2) is 6.97. The van der Waals surface area contributed by atoms with Crippen molar-refractivity contribution < 1.29 is 0 Å². The summed E-state index contributed by atoms with van der Waals surface area (Å²) >= 11 is 1.73. The summed E-state index contributed by atoms with van der Waals surface area (Å²) in [5, 5.41) is 6.98. The van der Waals surface area contributed by atoms with Crippen LogP contribution in [0.4, 0.5) is 0 Å². The molecule has 0 radical (unpaired) electrons. The van der Waals surface area contributed by atoms with Crippen LogP contribution in [0.25, 0.3) is 54.8 Å². The van der Waals surface area contributed by atoms with E-state index in [1.807, 2.05) is 6.07 Å². The molecule has 0 spiro atoms. The van der Waals surface area contributed by atoms with Gasteiger partial charge in [-0.05, 0) is 39.1 Å². The molecule has 30 heavy (non-hydrogen) atoms. The minimum absolute atomic E-state index is 0.908. The second-order valence-electron chi connectivity index (χ2n) is 7.35. The first-order chi connectivity index (χ1) is 14.9. The van der Waals surface area contributed by atoms with E-state index < -0.39 is 0 Å². The lowest BCUT2D eigenvalue weighted by molar-refractivity contribution is 1.33. The standard InChI is InChI=1S/C27H18N2S/c1-2-9-18(10-3-1)25-26(23-15-8-16-30-23)29-27(28-25)24-21-13-6-4-11-19(21)17-20-12-5-7-14-22(20)24/h1-17H,(H,28,29). The zero-order valence-electron chi connectivity index (χ0n) is 16.2. The molecule has 142 valence electrons. The molecule has 0 aliphatic rings. The molecule has 0 unspecified atom stereocenters. The van der Waals surface area contributed by atoms with E-state index >= 15 is 0 Å². The Bertz CT molecular complexity index is 1420. The Balaban J connectivity index is 1.70. The van der Waals surface area contributed by atoms with Crippen molar-refractivity contribution in [1.29, 1.82) is 0 Å². The number of H-pyrrole nitrogens is 1. The minimum Gasteiger partial charge on any atom is -0.337 e. The molecule has 0 aliphatic heterocycles. The van der Waals surface area contributed by atoms with Crippen molar-refractivity contribution >= 4 is 32.9 Å². The molecule has 2 aromatic heterocycles. The van der Waals surface area contributed by atoms with Crippen LogP contribution in [0.3, 0.4) is 0 Å². The fraction of sp³-hybridized carbons (Fsp3) is 0. The Morgan fingerprint density at radius 2 is 1.33 bits per heavy atom. The van der Waals surface area contributed by atoms with E-state index in [1.54, 1.807) is 11.3 Å². The molecule has 0 bridgehead atoms. The van der Waals surface area contributed by atoms with E-state index in [1.165, 1.54) is 26.4 Å². The maximum Gasteiger partial charge on any atom is 0.139 e. The lowest BCUT2D eigenvalue weighted by Gasteiger charge is -2.09. The van der Waals surface area contributed by atoms with Gasteiger partial charge in [0.25, 0.3) is 0 Å². The fourth-order valence-corrected chi connectivity index (χ4v) is 4.89. The van der Waals surface area contributed by atoms with Crippen LogP contribution < -0.4 is 0 Å². The summed E-state index contributed by atoms with van der Waals surface area (Å²) in [4.78, 5) is 10.0. The molecular formula is C27H18N2S. The van der Waals surface area contributed by atoms with Gasteiger partial charge in [0.05, 0.1) is 16.3 Å². The highest BCUT2D eigenvalue weighted by atomic mass is 32.1. The van der Waals surface area contributed by atoms with Crippen LogP contribution in [0.2, 0.25) is 0 Å². The van der Waals surface area contributed by atoms with Gasteiger partial charge in [0, 0.05) is 11.1 Å². The predicted molar refractivity (Wildman–Crippen MR) is 128 cm³/mol. The van der Waals surface area contributed by atoms with Gasteiger partial charge in [-0.25, -0.2) is 4.98 Å². The van der Waals surface area contributed by atoms with Crippen molar-refractivity contribution in [3.8, 4) is 33.2 Å². The average molecular weight is 403 g/mol. The summed E-state index contributed by atoms with van der Waals surface area (Å²) in [5.41, 5.74) is 4.34. The van der Waals surface area contributed by atoms with Gasteiger partial charge in [0.1, 0.15) is 5.82 Å². The molecule has 0 fully saturated rings. The van der Waals surface area contributed by atoms with Crippen molar-refractivity contribution in [3.63, 3.8) is 0 Å². The van der Waals surface area contributed by atoms with E-state index in [-0.39, 0.29) is 0 Å². The largest absolute Gasteiger partial charge is 0.337 e. The Hall–Kier alpha value is -3.69. The maximum absolute atomic E-state index is 5.16. The molecule has 0 aliphatic carbocycles. The summed E-state index contributed by atoms with van der Waals surface area (Å²) in [7, 11) is 0. The number of nitrogens with one attached hydrogen (secondary N) is 1. The molecule has 6 rings (SSSR count). The molecule has 0 amide bonds. The number of benzene rings is 4. The van der Waals surface area contributed by atoms with Gasteiger partial charge < -0.3 is 4.98 Å². The van der Waals surface area contributed by atoms with Gasteiger partial charge in [-0.2, -0.15) is 0 Å². The quantitative estimate of drug-likeness (QED) is 0.301. The van der Waals surface area contributed by atoms with Crippen LogP contribution in [-0.4, -0.2) is 9.97 Å². The van der Waals surface area contributed by atoms with Crippen LogP contribution in [0.5, 0.6) is 0 Å². The Morgan fingerprint density at radius 3 is 2.00 bits per heavy atom. The number of nitrogens with zero attached hydrogens (tertiary/aromatic N) is 1. The molecule has 3 heteroatoms. The molecule has 0 saturated heterocycles. The number of rotatable bonds is 3. The van der Waals surface area contributed by atoms with E-state index in [2.05, 4.69) is 101 Å². The minimum atomic E-state index is 0.908. The van der Waals surface area contributed by atoms with Crippen LogP contribution in [0.1, 0.15) is 0 Å². The van der Waals surface area contributed by atoms with E-state index in [0.717, 1.165) is 28.3 Å². The maximum atomic E-state index is 5.16. The fourth-order valence-electron chi connectivity index (χ4n) is 4.16. The third kappa shape index (κ3) is 2.75. The highest BCUT2D eigenvalue weighted by Gasteiger charge is 2.19. The second-order valence-corrected chi connectivity index (χ2v) is 8.29. The number of imidazole rings is 1. The van der Waals surface area contributed by atoms with Crippen LogP contribution in [0.15, 0.2) is 102 Å². The molecule has 1 N–H and O–H groups in total. The number of aromatic nitrogens is 2. The first-order valence-electron chi connectivity index (χ1n) is 9.99. The summed E-state index contributed by atoms with van der Waals surface area (Å²) in [6.07, 6.45) is 0. The third-order valence-electron chi connectivity index (χ3n) is 5.53. The summed E-state index contributed by atoms with van der Waals surface area (Å²) in [6.45, 7) is 0. The molecule has 0 atom stereocenters. The zero-order chi connectivity index (χ0) is 19.9. The Labute approximate surface area is 178 Å². The van der Waals surface area contributed by atoms with Crippen molar-refractivity contribution in [2.45, 2.75) is 0 Å². The van der Waals surface area contributed by atoms with Crippen LogP contribution in [0, 0.1) is 0 Å². The van der Waals surface area contributed by atoms with Gasteiger partial charge in [0.15, 0.2) is 0 Å². The van der Waals surface area contributed by atoms with Gasteiger partial charge in [-0.1, -0.05) is 84.9 Å². The summed E-state index contributed by atoms with van der Waals surface area (Å²) < 4.78 is 0. The third-order valence-corrected chi connectivity index (χ3v) is 6.41. The van der Waals surface area contributed by atoms with Crippen LogP contribution >= 0.6 is 11.3 Å². The first-order valence-corrected chi connectivity index (χ1v) is 10.9. The molecular weight excluding hydrogens is 384 g/mol. The summed E-state index contributed by atoms with van der Waals surface area (Å²) in [6, 6.07) is 34.0. The zero-order valence-corrected chi connectivity index (χ0v) is 17.0. The van der Waals surface area contributed by atoms with Gasteiger partial charge in [-0.15, -0.1) is 11.3 Å². The van der Waals surface area contributed by atoms with E-state index in [4.69, 9.17) is 4.98 Å². The Kier molecular flexibility index (Phi) is 4.00. The molecule has 4 aromatic carbocycles. The molecule has 0 saturated carbocycles. The smallest absolute Gasteiger partial charge is 0.139 e. The first kappa shape index (κ1) is 17.2. The number of hydrogen-bond donors (Lipinski definition) is 1. The monoisotopic (exact) mass is 402 g/mol. The molecule has 2 nitrogen and oxygen atoms in total. The van der Waals surface area contributed by atoms with Gasteiger partial charge in [0.2, 0.25) is 0 Å². The molecule has 2 heterocycles. The number of aromatic amines is 1. The normalized spacial score (nSPS) is 11.3. The number of thiophene rings is 1. The SMILES string of the molecule is c1ccc(-c2nc(-c3c4ccccc4cc4ccccc34)[nH]c2-c2cccs2)cc1. The lowest BCUT2D eigenvalue weighted by atomic mass is 9.96. The lowest BCUT2D eigenvalue weighted by Crippen LogP contribution is -1.87. The van der Waals surface area contributed by atoms with Crippen molar-refractivity contribution in [2.75, 3.05) is 0 Å². The highest BCUT2D eigenvalue weighted by molar-refractivity contribution is 7.13. The Morgan fingerprint density at radius 1 is 0.667 bits per heavy atom. The number of hydrogen-bond acceptors (Lipinski definition) is 2. The van der Waals surface area contributed by atoms with Gasteiger partial charge >= 0.3 is 0 Å². The summed E-state index contributed by atoms with van der Waals surface area (Å²) in [5.74, 6) is 0.908. The van der Waals surface area contributed by atoms with Crippen molar-refractivity contribution in [1.82, 2.24) is 9.97 Å². The number of fused-ring (bicyclic) bond motifs is 2. The van der Waals surface area contributed by atoms with E-state index in [9.17, 15) is 0 Å². The average Bonchev–Trinajstić information content (AvgIpc) is 3.48. The molecule has 6 aromatic rings. The topological polar surface area (TPSA) is 28.7 Å². The van der Waals surface area contributed by atoms with Crippen molar-refractivity contribution in [3.05, 3.63) is 102 Å². The van der Waals surface area contributed by atoms with Gasteiger partial charge in [-0.3, -0.25) is 0 Å². The predicted octanol–water partition coefficient (Wildman–Crippen LogP) is 7.78. The van der Waals surface area contributed by atoms with E-state index in [0.29, 0.717) is 0 Å². The highest BCUT2D eigenvalue weighted by Crippen LogP contribution is 2.39. The van der Waals surface area contributed by atoms with Crippen LogP contribution in [-0.2, 0) is 0 Å².